The number of nitrogens with one attached hydrogen (secondary N) is 2. The minimum atomic E-state index is 0.243. The van der Waals surface area contributed by atoms with Gasteiger partial charge >= 0.3 is 0 Å². The van der Waals surface area contributed by atoms with E-state index in [4.69, 9.17) is 9.97 Å². The number of rotatable bonds is 10. The molecule has 0 saturated carbocycles. The van der Waals surface area contributed by atoms with Crippen LogP contribution in [0.5, 0.6) is 0 Å². The van der Waals surface area contributed by atoms with E-state index in [1.807, 2.05) is 41.4 Å². The van der Waals surface area contributed by atoms with Crippen molar-refractivity contribution < 1.29 is 0 Å². The Hall–Kier alpha value is -3.46. The number of imidazole rings is 2. The summed E-state index contributed by atoms with van der Waals surface area (Å²) in [7, 11) is 0. The average molecular weight is 462 g/mol. The fourth-order valence-electron chi connectivity index (χ4n) is 4.15. The lowest BCUT2D eigenvalue weighted by molar-refractivity contribution is 0.182. The van der Waals surface area contributed by atoms with Crippen molar-refractivity contribution in [2.24, 2.45) is 0 Å². The van der Waals surface area contributed by atoms with Gasteiger partial charge in [-0.15, -0.1) is 0 Å². The topological polar surface area (TPSA) is 88.7 Å². The van der Waals surface area contributed by atoms with Gasteiger partial charge in [-0.1, -0.05) is 0 Å². The molecule has 0 saturated heterocycles. The summed E-state index contributed by atoms with van der Waals surface area (Å²) in [4.78, 5) is 20.8. The summed E-state index contributed by atoms with van der Waals surface area (Å²) in [6.07, 6.45) is 7.31. The molecule has 4 rings (SSSR count). The van der Waals surface area contributed by atoms with Crippen LogP contribution in [0, 0.1) is 0 Å². The summed E-state index contributed by atoms with van der Waals surface area (Å²) in [5.41, 5.74) is 3.56. The summed E-state index contributed by atoms with van der Waals surface area (Å²) in [5, 5.41) is 6.88. The Morgan fingerprint density at radius 2 is 1.68 bits per heavy atom. The highest BCUT2D eigenvalue weighted by Gasteiger charge is 2.17. The minimum Gasteiger partial charge on any atom is -0.367 e. The molecule has 3 aromatic heterocycles. The van der Waals surface area contributed by atoms with Crippen LogP contribution in [0.2, 0.25) is 0 Å². The maximum absolute atomic E-state index is 4.80. The largest absolute Gasteiger partial charge is 0.367 e. The summed E-state index contributed by atoms with van der Waals surface area (Å²) in [5.74, 6) is 1.28. The normalized spacial score (nSPS) is 11.9. The van der Waals surface area contributed by atoms with Crippen LogP contribution in [0.25, 0.3) is 16.9 Å². The van der Waals surface area contributed by atoms with Gasteiger partial charge in [0.05, 0.1) is 12.7 Å². The van der Waals surface area contributed by atoms with Crippen molar-refractivity contribution in [1.82, 2.24) is 34.0 Å². The van der Waals surface area contributed by atoms with E-state index in [1.165, 1.54) is 0 Å². The predicted molar refractivity (Wildman–Crippen MR) is 138 cm³/mol. The molecule has 0 spiro atoms. The Labute approximate surface area is 201 Å². The van der Waals surface area contributed by atoms with E-state index in [0.29, 0.717) is 18.0 Å². The molecule has 0 aliphatic rings. The molecule has 1 aromatic carbocycles. The Bertz CT molecular complexity index is 1180. The van der Waals surface area contributed by atoms with Crippen molar-refractivity contribution in [2.45, 2.75) is 59.7 Å². The lowest BCUT2D eigenvalue weighted by Gasteiger charge is -2.30. The fourth-order valence-corrected chi connectivity index (χ4v) is 4.15. The standard InChI is InChI=1S/C25H35N9/c1-17(2)33(18(3)4)14-12-27-23-22-24(34(16-28-22)19(5)6)31-25(30-23)29-20-7-9-21(10-8-20)32-13-11-26-15-32/h7-11,13,15-19H,12,14H2,1-6H3,(H2,27,29,30,31). The zero-order valence-electron chi connectivity index (χ0n) is 20.9. The SMILES string of the molecule is CC(C)N(CCNc1nc(Nc2ccc(-n3ccnc3)cc2)nc2c1ncn2C(C)C)C(C)C. The van der Waals surface area contributed by atoms with Gasteiger partial charge < -0.3 is 19.8 Å². The average Bonchev–Trinajstić information content (AvgIpc) is 3.47. The van der Waals surface area contributed by atoms with Crippen LogP contribution in [-0.4, -0.2) is 59.1 Å². The van der Waals surface area contributed by atoms with Gasteiger partial charge in [0.2, 0.25) is 5.95 Å². The van der Waals surface area contributed by atoms with Crippen LogP contribution in [0.4, 0.5) is 17.5 Å². The van der Waals surface area contributed by atoms with Crippen LogP contribution in [-0.2, 0) is 0 Å². The van der Waals surface area contributed by atoms with E-state index in [1.54, 1.807) is 12.5 Å². The van der Waals surface area contributed by atoms with Gasteiger partial charge in [-0.2, -0.15) is 9.97 Å². The van der Waals surface area contributed by atoms with Gasteiger partial charge in [0.25, 0.3) is 0 Å². The van der Waals surface area contributed by atoms with Gasteiger partial charge in [-0.05, 0) is 65.8 Å². The highest BCUT2D eigenvalue weighted by Crippen LogP contribution is 2.25. The second-order valence-corrected chi connectivity index (χ2v) is 9.31. The van der Waals surface area contributed by atoms with Gasteiger partial charge in [-0.25, -0.2) is 9.97 Å². The van der Waals surface area contributed by atoms with E-state index >= 15 is 0 Å². The third-order valence-corrected chi connectivity index (χ3v) is 5.89. The van der Waals surface area contributed by atoms with Crippen LogP contribution in [0.3, 0.4) is 0 Å². The third-order valence-electron chi connectivity index (χ3n) is 5.89. The molecule has 0 aliphatic heterocycles. The first kappa shape index (κ1) is 23.7. The molecule has 9 nitrogen and oxygen atoms in total. The maximum Gasteiger partial charge on any atom is 0.231 e. The van der Waals surface area contributed by atoms with E-state index in [9.17, 15) is 0 Å². The van der Waals surface area contributed by atoms with Crippen LogP contribution in [0.15, 0.2) is 49.3 Å². The minimum absolute atomic E-state index is 0.243. The maximum atomic E-state index is 4.80. The first-order valence-corrected chi connectivity index (χ1v) is 11.9. The van der Waals surface area contributed by atoms with E-state index < -0.39 is 0 Å². The first-order chi connectivity index (χ1) is 16.3. The molecule has 0 fully saturated rings. The zero-order valence-corrected chi connectivity index (χ0v) is 20.9. The highest BCUT2D eigenvalue weighted by molar-refractivity contribution is 5.84. The first-order valence-electron chi connectivity index (χ1n) is 11.9. The van der Waals surface area contributed by atoms with Gasteiger partial charge in [0.15, 0.2) is 17.0 Å². The van der Waals surface area contributed by atoms with Crippen molar-refractivity contribution in [3.8, 4) is 5.69 Å². The van der Waals surface area contributed by atoms with Crippen LogP contribution < -0.4 is 10.6 Å². The zero-order chi connectivity index (χ0) is 24.2. The number of anilines is 3. The smallest absolute Gasteiger partial charge is 0.231 e. The molecular weight excluding hydrogens is 426 g/mol. The molecule has 0 radical (unpaired) electrons. The lowest BCUT2D eigenvalue weighted by Crippen LogP contribution is -2.40. The number of hydrogen-bond donors (Lipinski definition) is 2. The molecule has 4 aromatic rings. The second kappa shape index (κ2) is 10.2. The summed E-state index contributed by atoms with van der Waals surface area (Å²) in [6, 6.07) is 9.30. The molecule has 2 N–H and O–H groups in total. The number of fused-ring (bicyclic) bond motifs is 1. The summed E-state index contributed by atoms with van der Waals surface area (Å²) in [6.45, 7) is 14.9. The van der Waals surface area contributed by atoms with E-state index in [0.717, 1.165) is 41.4 Å². The molecule has 180 valence electrons. The van der Waals surface area contributed by atoms with Crippen molar-refractivity contribution >= 4 is 28.6 Å². The van der Waals surface area contributed by atoms with Gasteiger partial charge in [0, 0.05) is 55.0 Å². The molecular formula is C25H35N9. The van der Waals surface area contributed by atoms with Crippen molar-refractivity contribution in [1.29, 1.82) is 0 Å². The van der Waals surface area contributed by atoms with E-state index in [2.05, 4.69) is 71.6 Å². The second-order valence-electron chi connectivity index (χ2n) is 9.31. The molecule has 0 amide bonds. The van der Waals surface area contributed by atoms with Crippen molar-refractivity contribution in [3.63, 3.8) is 0 Å². The lowest BCUT2D eigenvalue weighted by atomic mass is 10.2. The predicted octanol–water partition coefficient (Wildman–Crippen LogP) is 4.87. The number of benzene rings is 1. The molecule has 0 aliphatic carbocycles. The summed E-state index contributed by atoms with van der Waals surface area (Å²) < 4.78 is 4.04. The fraction of sp³-hybridized carbons (Fsp3) is 0.440. The Balaban J connectivity index is 1.58. The molecule has 9 heteroatoms. The quantitative estimate of drug-likeness (QED) is 0.348. The monoisotopic (exact) mass is 461 g/mol. The molecule has 34 heavy (non-hydrogen) atoms. The number of aromatic nitrogens is 6. The molecule has 0 bridgehead atoms. The number of hydrogen-bond acceptors (Lipinski definition) is 7. The van der Waals surface area contributed by atoms with Crippen molar-refractivity contribution in [2.75, 3.05) is 23.7 Å². The van der Waals surface area contributed by atoms with Crippen LogP contribution >= 0.6 is 0 Å². The molecule has 0 atom stereocenters. The van der Waals surface area contributed by atoms with Crippen molar-refractivity contribution in [3.05, 3.63) is 49.3 Å². The van der Waals surface area contributed by atoms with Gasteiger partial charge in [0.1, 0.15) is 0 Å². The van der Waals surface area contributed by atoms with Crippen LogP contribution in [0.1, 0.15) is 47.6 Å². The highest BCUT2D eigenvalue weighted by atomic mass is 15.2. The Kier molecular flexibility index (Phi) is 7.12. The molecule has 0 unspecified atom stereocenters. The van der Waals surface area contributed by atoms with E-state index in [-0.39, 0.29) is 6.04 Å². The Morgan fingerprint density at radius 3 is 2.29 bits per heavy atom. The Morgan fingerprint density at radius 1 is 0.941 bits per heavy atom. The third kappa shape index (κ3) is 5.20. The molecule has 3 heterocycles. The number of nitrogens with zero attached hydrogens (tertiary/aromatic N) is 7. The summed E-state index contributed by atoms with van der Waals surface area (Å²) >= 11 is 0. The van der Waals surface area contributed by atoms with Gasteiger partial charge in [-0.3, -0.25) is 4.90 Å².